The molecule has 1 saturated heterocycles. The predicted molar refractivity (Wildman–Crippen MR) is 94.6 cm³/mol. The number of sulfonamides is 1. The van der Waals surface area contributed by atoms with Crippen molar-refractivity contribution in [1.82, 2.24) is 24.6 Å². The first kappa shape index (κ1) is 17.7. The van der Waals surface area contributed by atoms with E-state index in [0.717, 1.165) is 6.54 Å². The first-order valence-electron chi connectivity index (χ1n) is 8.05. The summed E-state index contributed by atoms with van der Waals surface area (Å²) >= 11 is 0. The summed E-state index contributed by atoms with van der Waals surface area (Å²) in [6, 6.07) is 4.70. The SMILES string of the molecule is CN(C)C[C@@H]1CN(c2ncccn2)C[C@H]1NS(=O)(=O)c1cccnc1. The second kappa shape index (κ2) is 7.42. The van der Waals surface area contributed by atoms with E-state index < -0.39 is 10.0 Å². The van der Waals surface area contributed by atoms with Gasteiger partial charge in [-0.25, -0.2) is 23.1 Å². The van der Waals surface area contributed by atoms with E-state index in [9.17, 15) is 8.42 Å². The molecular weight excluding hydrogens is 340 g/mol. The fourth-order valence-corrected chi connectivity index (χ4v) is 4.31. The van der Waals surface area contributed by atoms with E-state index in [1.165, 1.54) is 6.20 Å². The van der Waals surface area contributed by atoms with Gasteiger partial charge < -0.3 is 9.80 Å². The first-order chi connectivity index (χ1) is 12.0. The van der Waals surface area contributed by atoms with Crippen LogP contribution in [0.3, 0.4) is 0 Å². The molecule has 2 aromatic rings. The topological polar surface area (TPSA) is 91.3 Å². The van der Waals surface area contributed by atoms with Crippen LogP contribution in [0.2, 0.25) is 0 Å². The van der Waals surface area contributed by atoms with Crippen LogP contribution < -0.4 is 9.62 Å². The number of anilines is 1. The van der Waals surface area contributed by atoms with Crippen molar-refractivity contribution in [3.63, 3.8) is 0 Å². The van der Waals surface area contributed by atoms with Crippen molar-refractivity contribution in [2.45, 2.75) is 10.9 Å². The summed E-state index contributed by atoms with van der Waals surface area (Å²) in [5, 5.41) is 0. The van der Waals surface area contributed by atoms with Gasteiger partial charge in [-0.3, -0.25) is 4.98 Å². The Kier molecular flexibility index (Phi) is 5.26. The van der Waals surface area contributed by atoms with Gasteiger partial charge >= 0.3 is 0 Å². The molecule has 0 amide bonds. The normalized spacial score (nSPS) is 21.0. The van der Waals surface area contributed by atoms with Crippen LogP contribution in [-0.4, -0.2) is 68.0 Å². The van der Waals surface area contributed by atoms with E-state index in [-0.39, 0.29) is 16.9 Å². The molecule has 1 aliphatic heterocycles. The molecule has 0 spiro atoms. The molecule has 0 unspecified atom stereocenters. The molecule has 1 N–H and O–H groups in total. The summed E-state index contributed by atoms with van der Waals surface area (Å²) in [5.41, 5.74) is 0. The summed E-state index contributed by atoms with van der Waals surface area (Å²) in [6.45, 7) is 1.99. The largest absolute Gasteiger partial charge is 0.339 e. The molecule has 3 rings (SSSR count). The Morgan fingerprint density at radius 1 is 1.20 bits per heavy atom. The molecule has 2 aromatic heterocycles. The molecule has 0 saturated carbocycles. The van der Waals surface area contributed by atoms with Gasteiger partial charge in [0, 0.05) is 56.4 Å². The number of hydrogen-bond donors (Lipinski definition) is 1. The van der Waals surface area contributed by atoms with E-state index in [2.05, 4.69) is 24.6 Å². The molecule has 8 nitrogen and oxygen atoms in total. The maximum Gasteiger partial charge on any atom is 0.242 e. The van der Waals surface area contributed by atoms with Crippen molar-refractivity contribution >= 4 is 16.0 Å². The zero-order valence-electron chi connectivity index (χ0n) is 14.3. The van der Waals surface area contributed by atoms with E-state index in [0.29, 0.717) is 19.0 Å². The number of aromatic nitrogens is 3. The number of nitrogens with one attached hydrogen (secondary N) is 1. The molecule has 0 radical (unpaired) electrons. The lowest BCUT2D eigenvalue weighted by molar-refractivity contribution is 0.315. The molecule has 1 aliphatic rings. The standard InChI is InChI=1S/C16H22N6O2S/c1-21(2)10-13-11-22(16-18-7-4-8-19-16)12-15(13)20-25(23,24)14-5-3-6-17-9-14/h3-9,13,15,20H,10-12H2,1-2H3/t13-,15-/m1/s1. The summed E-state index contributed by atoms with van der Waals surface area (Å²) in [5.74, 6) is 0.750. The predicted octanol–water partition coefficient (Wildman–Crippen LogP) is 0.217. The van der Waals surface area contributed by atoms with Gasteiger partial charge in [0.2, 0.25) is 16.0 Å². The molecule has 9 heteroatoms. The van der Waals surface area contributed by atoms with Crippen molar-refractivity contribution < 1.29 is 8.42 Å². The number of rotatable bonds is 6. The van der Waals surface area contributed by atoms with Crippen LogP contribution >= 0.6 is 0 Å². The molecule has 3 heterocycles. The number of nitrogens with zero attached hydrogens (tertiary/aromatic N) is 5. The van der Waals surface area contributed by atoms with Crippen molar-refractivity contribution in [3.05, 3.63) is 43.0 Å². The lowest BCUT2D eigenvalue weighted by Gasteiger charge is -2.22. The Hall–Kier alpha value is -2.10. The van der Waals surface area contributed by atoms with Crippen LogP contribution in [-0.2, 0) is 10.0 Å². The van der Waals surface area contributed by atoms with Crippen LogP contribution in [0.5, 0.6) is 0 Å². The summed E-state index contributed by atoms with van der Waals surface area (Å²) in [6.07, 6.45) is 6.29. The molecule has 0 bridgehead atoms. The van der Waals surface area contributed by atoms with Gasteiger partial charge in [0.15, 0.2) is 0 Å². The van der Waals surface area contributed by atoms with Gasteiger partial charge in [-0.15, -0.1) is 0 Å². The lowest BCUT2D eigenvalue weighted by Crippen LogP contribution is -2.43. The van der Waals surface area contributed by atoms with E-state index >= 15 is 0 Å². The highest BCUT2D eigenvalue weighted by Gasteiger charge is 2.37. The molecular formula is C16H22N6O2S. The van der Waals surface area contributed by atoms with Gasteiger partial charge in [-0.05, 0) is 32.3 Å². The summed E-state index contributed by atoms with van der Waals surface area (Å²) in [4.78, 5) is 16.7. The van der Waals surface area contributed by atoms with Crippen molar-refractivity contribution in [3.8, 4) is 0 Å². The Morgan fingerprint density at radius 2 is 1.96 bits per heavy atom. The average Bonchev–Trinajstić information content (AvgIpc) is 2.98. The highest BCUT2D eigenvalue weighted by atomic mass is 32.2. The molecule has 2 atom stereocenters. The zero-order valence-corrected chi connectivity index (χ0v) is 15.1. The Bertz CT molecular complexity index is 785. The average molecular weight is 362 g/mol. The van der Waals surface area contributed by atoms with Crippen LogP contribution in [0, 0.1) is 5.92 Å². The van der Waals surface area contributed by atoms with Crippen LogP contribution in [0.1, 0.15) is 0 Å². The highest BCUT2D eigenvalue weighted by Crippen LogP contribution is 2.23. The molecule has 134 valence electrons. The second-order valence-corrected chi connectivity index (χ2v) is 8.11. The van der Waals surface area contributed by atoms with E-state index in [1.807, 2.05) is 19.0 Å². The van der Waals surface area contributed by atoms with Gasteiger partial charge in [0.05, 0.1) is 0 Å². The minimum atomic E-state index is -3.62. The molecule has 25 heavy (non-hydrogen) atoms. The van der Waals surface area contributed by atoms with Crippen LogP contribution in [0.15, 0.2) is 47.9 Å². The monoisotopic (exact) mass is 362 g/mol. The van der Waals surface area contributed by atoms with Crippen molar-refractivity contribution in [2.24, 2.45) is 5.92 Å². The number of pyridine rings is 1. The third-order valence-corrected chi connectivity index (χ3v) is 5.60. The van der Waals surface area contributed by atoms with Crippen molar-refractivity contribution in [1.29, 1.82) is 0 Å². The Labute approximate surface area is 148 Å². The minimum Gasteiger partial charge on any atom is -0.339 e. The maximum atomic E-state index is 12.6. The third-order valence-electron chi connectivity index (χ3n) is 4.13. The quantitative estimate of drug-likeness (QED) is 0.786. The van der Waals surface area contributed by atoms with E-state index in [1.54, 1.807) is 36.8 Å². The van der Waals surface area contributed by atoms with Gasteiger partial charge in [0.25, 0.3) is 0 Å². The number of hydrogen-bond acceptors (Lipinski definition) is 7. The fraction of sp³-hybridized carbons (Fsp3) is 0.438. The smallest absolute Gasteiger partial charge is 0.242 e. The maximum absolute atomic E-state index is 12.6. The van der Waals surface area contributed by atoms with Crippen LogP contribution in [0.4, 0.5) is 5.95 Å². The summed E-state index contributed by atoms with van der Waals surface area (Å²) in [7, 11) is 0.344. The summed E-state index contributed by atoms with van der Waals surface area (Å²) < 4.78 is 28.1. The van der Waals surface area contributed by atoms with Crippen LogP contribution in [0.25, 0.3) is 0 Å². The molecule has 0 aliphatic carbocycles. The van der Waals surface area contributed by atoms with E-state index in [4.69, 9.17) is 0 Å². The lowest BCUT2D eigenvalue weighted by atomic mass is 10.0. The fourth-order valence-electron chi connectivity index (χ4n) is 3.05. The Morgan fingerprint density at radius 3 is 2.60 bits per heavy atom. The molecule has 0 aromatic carbocycles. The second-order valence-electron chi connectivity index (χ2n) is 6.39. The first-order valence-corrected chi connectivity index (χ1v) is 9.53. The minimum absolute atomic E-state index is 0.130. The van der Waals surface area contributed by atoms with Crippen molar-refractivity contribution in [2.75, 3.05) is 38.6 Å². The van der Waals surface area contributed by atoms with Gasteiger partial charge in [0.1, 0.15) is 4.90 Å². The van der Waals surface area contributed by atoms with Gasteiger partial charge in [-0.1, -0.05) is 0 Å². The molecule has 1 fully saturated rings. The zero-order chi connectivity index (χ0) is 17.9. The highest BCUT2D eigenvalue weighted by molar-refractivity contribution is 7.89. The Balaban J connectivity index is 1.80. The van der Waals surface area contributed by atoms with Gasteiger partial charge in [-0.2, -0.15) is 0 Å². The third kappa shape index (κ3) is 4.30.